The van der Waals surface area contributed by atoms with E-state index in [1.54, 1.807) is 19.1 Å². The highest BCUT2D eigenvalue weighted by Gasteiger charge is 2.45. The van der Waals surface area contributed by atoms with Gasteiger partial charge in [-0.2, -0.15) is 19.4 Å². The molecule has 0 aliphatic carbocycles. The summed E-state index contributed by atoms with van der Waals surface area (Å²) in [6.45, 7) is -1.34. The van der Waals surface area contributed by atoms with Gasteiger partial charge in [0, 0.05) is 11.6 Å². The molecule has 1 saturated heterocycles. The van der Waals surface area contributed by atoms with Gasteiger partial charge in [0.05, 0.1) is 39.5 Å². The maximum Gasteiger partial charge on any atom is 0.387 e. The molecule has 1 amide bonds. The summed E-state index contributed by atoms with van der Waals surface area (Å²) < 4.78 is 65.6. The van der Waals surface area contributed by atoms with Gasteiger partial charge < -0.3 is 10.1 Å². The number of rotatable bonds is 6. The molecule has 1 fully saturated rings. The number of benzene rings is 3. The quantitative estimate of drug-likeness (QED) is 0.331. The molecular weight excluding hydrogens is 511 g/mol. The van der Waals surface area contributed by atoms with Crippen LogP contribution >= 0.6 is 10.6 Å². The van der Waals surface area contributed by atoms with Crippen molar-refractivity contribution in [3.63, 3.8) is 0 Å². The standard InChI is InChI=1S/C25H22F3N3O5S/c1-25(13-37(34,35)14-25)29-22(32)15-5-10-20-21(11-15)30(17-8-6-16(26)7-9-17)24(33)31(20)18-3-2-4-19(12-18)36-23(27)28/h2-12,23,34-35H,13-14H2,1H3,(H,29,32). The van der Waals surface area contributed by atoms with Gasteiger partial charge >= 0.3 is 12.3 Å². The number of ether oxygens (including phenoxy) is 1. The molecule has 194 valence electrons. The third kappa shape index (κ3) is 4.82. The minimum absolute atomic E-state index is 0.0433. The molecule has 2 heterocycles. The molecule has 0 spiro atoms. The van der Waals surface area contributed by atoms with Crippen molar-refractivity contribution in [2.75, 3.05) is 11.5 Å². The predicted octanol–water partition coefficient (Wildman–Crippen LogP) is 4.77. The van der Waals surface area contributed by atoms with Crippen LogP contribution in [0, 0.1) is 5.82 Å². The molecule has 1 aliphatic rings. The fourth-order valence-corrected chi connectivity index (χ4v) is 6.72. The number of aromatic nitrogens is 2. The van der Waals surface area contributed by atoms with Crippen LogP contribution < -0.4 is 15.7 Å². The summed E-state index contributed by atoms with van der Waals surface area (Å²) in [7, 11) is -2.69. The normalized spacial score (nSPS) is 16.8. The summed E-state index contributed by atoms with van der Waals surface area (Å²) in [6, 6.07) is 15.4. The van der Waals surface area contributed by atoms with Crippen molar-refractivity contribution in [1.29, 1.82) is 0 Å². The number of halogens is 3. The molecule has 0 unspecified atom stereocenters. The van der Waals surface area contributed by atoms with E-state index in [1.165, 1.54) is 63.7 Å². The van der Waals surface area contributed by atoms with Crippen LogP contribution in [0.5, 0.6) is 5.75 Å². The first-order chi connectivity index (χ1) is 17.4. The summed E-state index contributed by atoms with van der Waals surface area (Å²) in [5.41, 5.74) is 0.106. The van der Waals surface area contributed by atoms with Gasteiger partial charge in [0.25, 0.3) is 5.91 Å². The number of fused-ring (bicyclic) bond motifs is 1. The average Bonchev–Trinajstić information content (AvgIpc) is 3.08. The van der Waals surface area contributed by atoms with Gasteiger partial charge in [-0.15, -0.1) is 0 Å². The molecule has 4 aromatic rings. The van der Waals surface area contributed by atoms with Crippen molar-refractivity contribution < 1.29 is 31.8 Å². The second-order valence-electron chi connectivity index (χ2n) is 9.11. The van der Waals surface area contributed by atoms with Crippen LogP contribution in [-0.2, 0) is 0 Å². The summed E-state index contributed by atoms with van der Waals surface area (Å²) in [5, 5.41) is 2.81. The average molecular weight is 534 g/mol. The zero-order valence-corrected chi connectivity index (χ0v) is 20.2. The molecule has 1 aromatic heterocycles. The Bertz CT molecular complexity index is 1560. The highest BCUT2D eigenvalue weighted by molar-refractivity contribution is 8.25. The van der Waals surface area contributed by atoms with E-state index < -0.39 is 40.2 Å². The van der Waals surface area contributed by atoms with Crippen LogP contribution in [0.4, 0.5) is 13.2 Å². The zero-order valence-electron chi connectivity index (χ0n) is 19.4. The Morgan fingerprint density at radius 3 is 2.32 bits per heavy atom. The lowest BCUT2D eigenvalue weighted by molar-refractivity contribution is -0.0498. The predicted molar refractivity (Wildman–Crippen MR) is 134 cm³/mol. The molecule has 5 rings (SSSR count). The number of imidazole rings is 1. The Labute approximate surface area is 210 Å². The van der Waals surface area contributed by atoms with E-state index in [0.29, 0.717) is 16.7 Å². The van der Waals surface area contributed by atoms with Crippen molar-refractivity contribution in [2.45, 2.75) is 19.1 Å². The Hall–Kier alpha value is -3.74. The van der Waals surface area contributed by atoms with Crippen LogP contribution in [0.25, 0.3) is 22.4 Å². The van der Waals surface area contributed by atoms with Gasteiger partial charge in [0.1, 0.15) is 11.6 Å². The van der Waals surface area contributed by atoms with Crippen LogP contribution in [0.15, 0.2) is 71.5 Å². The lowest BCUT2D eigenvalue weighted by atomic mass is 10.1. The van der Waals surface area contributed by atoms with Crippen LogP contribution in [0.3, 0.4) is 0 Å². The van der Waals surface area contributed by atoms with Crippen molar-refractivity contribution in [2.24, 2.45) is 0 Å². The molecule has 8 nitrogen and oxygen atoms in total. The Balaban J connectivity index is 1.64. The number of nitrogens with one attached hydrogen (secondary N) is 1. The lowest BCUT2D eigenvalue weighted by Gasteiger charge is -2.54. The third-order valence-corrected chi connectivity index (χ3v) is 8.20. The van der Waals surface area contributed by atoms with Gasteiger partial charge in [0.15, 0.2) is 0 Å². The van der Waals surface area contributed by atoms with Gasteiger partial charge in [-0.05, 0) is 61.5 Å². The van der Waals surface area contributed by atoms with E-state index in [-0.39, 0.29) is 28.5 Å². The van der Waals surface area contributed by atoms with E-state index in [9.17, 15) is 31.9 Å². The molecule has 0 bridgehead atoms. The summed E-state index contributed by atoms with van der Waals surface area (Å²) >= 11 is 0. The molecule has 0 saturated carbocycles. The summed E-state index contributed by atoms with van der Waals surface area (Å²) in [4.78, 5) is 26.6. The maximum atomic E-state index is 13.6. The maximum absolute atomic E-state index is 13.6. The fraction of sp³-hybridized carbons (Fsp3) is 0.200. The number of nitrogens with zero attached hydrogens (tertiary/aromatic N) is 2. The van der Waals surface area contributed by atoms with E-state index in [1.807, 2.05) is 0 Å². The highest BCUT2D eigenvalue weighted by atomic mass is 32.3. The van der Waals surface area contributed by atoms with E-state index in [4.69, 9.17) is 0 Å². The fourth-order valence-electron chi connectivity index (χ4n) is 4.62. The zero-order chi connectivity index (χ0) is 26.5. The molecule has 0 atom stereocenters. The van der Waals surface area contributed by atoms with Crippen LogP contribution in [0.2, 0.25) is 0 Å². The van der Waals surface area contributed by atoms with Crippen molar-refractivity contribution in [1.82, 2.24) is 14.5 Å². The molecule has 0 radical (unpaired) electrons. The van der Waals surface area contributed by atoms with E-state index >= 15 is 0 Å². The van der Waals surface area contributed by atoms with Crippen LogP contribution in [0.1, 0.15) is 17.3 Å². The van der Waals surface area contributed by atoms with Gasteiger partial charge in [-0.25, -0.2) is 9.18 Å². The molecule has 1 aliphatic heterocycles. The molecule has 37 heavy (non-hydrogen) atoms. The number of hydrogen-bond donors (Lipinski definition) is 3. The molecule has 3 aromatic carbocycles. The largest absolute Gasteiger partial charge is 0.435 e. The van der Waals surface area contributed by atoms with Gasteiger partial charge in [0.2, 0.25) is 0 Å². The summed E-state index contributed by atoms with van der Waals surface area (Å²) in [6.07, 6.45) is 0. The number of amides is 1. The first-order valence-electron chi connectivity index (χ1n) is 11.1. The second-order valence-corrected chi connectivity index (χ2v) is 11.3. The minimum atomic E-state index is -3.05. The van der Waals surface area contributed by atoms with E-state index in [0.717, 1.165) is 0 Å². The first-order valence-corrected chi connectivity index (χ1v) is 13.0. The van der Waals surface area contributed by atoms with Crippen molar-refractivity contribution in [3.8, 4) is 17.1 Å². The number of carbonyl (C=O) groups excluding carboxylic acids is 1. The van der Waals surface area contributed by atoms with Crippen molar-refractivity contribution >= 4 is 27.5 Å². The topological polar surface area (TPSA) is 106 Å². The monoisotopic (exact) mass is 533 g/mol. The summed E-state index contributed by atoms with van der Waals surface area (Å²) in [5.74, 6) is -1.03. The third-order valence-electron chi connectivity index (χ3n) is 6.00. The molecule has 3 N–H and O–H groups in total. The van der Waals surface area contributed by atoms with Gasteiger partial charge in [-0.3, -0.25) is 23.0 Å². The molecular formula is C25H22F3N3O5S. The SMILES string of the molecule is CC1(NC(=O)c2ccc3c(c2)n(-c2ccc(F)cc2)c(=O)n3-c2cccc(OC(F)F)c2)CS(O)(O)C1. The Morgan fingerprint density at radius 1 is 1.00 bits per heavy atom. The smallest absolute Gasteiger partial charge is 0.387 e. The first kappa shape index (κ1) is 24.9. The van der Waals surface area contributed by atoms with Crippen molar-refractivity contribution in [3.05, 3.63) is 88.6 Å². The minimum Gasteiger partial charge on any atom is -0.435 e. The second kappa shape index (κ2) is 8.98. The molecule has 12 heteroatoms. The van der Waals surface area contributed by atoms with Crippen LogP contribution in [-0.4, -0.2) is 47.8 Å². The highest BCUT2D eigenvalue weighted by Crippen LogP contribution is 2.53. The number of carbonyl (C=O) groups is 1. The lowest BCUT2D eigenvalue weighted by Crippen LogP contribution is -2.61. The Kier molecular flexibility index (Phi) is 6.05. The van der Waals surface area contributed by atoms with E-state index in [2.05, 4.69) is 10.1 Å². The Morgan fingerprint density at radius 2 is 1.68 bits per heavy atom. The van der Waals surface area contributed by atoms with Gasteiger partial charge in [-0.1, -0.05) is 6.07 Å². The number of hydrogen-bond acceptors (Lipinski definition) is 5. The number of alkyl halides is 2.